The van der Waals surface area contributed by atoms with Gasteiger partial charge < -0.3 is 10.1 Å². The monoisotopic (exact) mass is 303 g/mol. The molecule has 22 heavy (non-hydrogen) atoms. The van der Waals surface area contributed by atoms with Crippen LogP contribution in [0.2, 0.25) is 0 Å². The van der Waals surface area contributed by atoms with Gasteiger partial charge in [-0.3, -0.25) is 4.79 Å². The number of amides is 1. The van der Waals surface area contributed by atoms with Gasteiger partial charge in [0, 0.05) is 6.42 Å². The van der Waals surface area contributed by atoms with Crippen LogP contribution in [-0.4, -0.2) is 13.0 Å². The molecule has 0 spiro atoms. The predicted octanol–water partition coefficient (Wildman–Crippen LogP) is 4.90. The molecular formula is C19H29NO2. The molecule has 1 N–H and O–H groups in total. The molecule has 1 aromatic carbocycles. The first-order valence-electron chi connectivity index (χ1n) is 8.38. The van der Waals surface area contributed by atoms with Gasteiger partial charge in [-0.1, -0.05) is 46.1 Å². The van der Waals surface area contributed by atoms with Gasteiger partial charge in [0.25, 0.3) is 0 Å². The Bertz CT molecular complexity index is 511. The van der Waals surface area contributed by atoms with E-state index in [1.54, 1.807) is 7.11 Å². The van der Waals surface area contributed by atoms with E-state index in [2.05, 4.69) is 32.2 Å². The lowest BCUT2D eigenvalue weighted by Crippen LogP contribution is -2.19. The van der Waals surface area contributed by atoms with Crippen molar-refractivity contribution in [2.45, 2.75) is 64.7 Å². The van der Waals surface area contributed by atoms with Crippen molar-refractivity contribution in [1.29, 1.82) is 0 Å². The lowest BCUT2D eigenvalue weighted by atomic mass is 9.86. The Morgan fingerprint density at radius 2 is 1.91 bits per heavy atom. The third-order valence-electron chi connectivity index (χ3n) is 4.54. The molecular weight excluding hydrogens is 274 g/mol. The molecule has 0 unspecified atom stereocenters. The second-order valence-electron chi connectivity index (χ2n) is 7.42. The van der Waals surface area contributed by atoms with Gasteiger partial charge in [-0.2, -0.15) is 0 Å². The summed E-state index contributed by atoms with van der Waals surface area (Å²) >= 11 is 0. The van der Waals surface area contributed by atoms with Crippen LogP contribution < -0.4 is 10.1 Å². The average molecular weight is 303 g/mol. The molecule has 2 rings (SSSR count). The molecule has 1 amide bonds. The first kappa shape index (κ1) is 16.9. The van der Waals surface area contributed by atoms with Crippen LogP contribution in [0.25, 0.3) is 0 Å². The van der Waals surface area contributed by atoms with E-state index in [4.69, 9.17) is 4.74 Å². The average Bonchev–Trinajstić information content (AvgIpc) is 2.47. The molecule has 122 valence electrons. The van der Waals surface area contributed by atoms with Crippen molar-refractivity contribution in [3.05, 3.63) is 23.8 Å². The third kappa shape index (κ3) is 4.49. The Morgan fingerprint density at radius 1 is 1.23 bits per heavy atom. The normalized spacial score (nSPS) is 16.4. The maximum atomic E-state index is 12.3. The molecule has 1 aliphatic carbocycles. The first-order valence-corrected chi connectivity index (χ1v) is 8.38. The van der Waals surface area contributed by atoms with Gasteiger partial charge in [-0.05, 0) is 41.9 Å². The standard InChI is InChI=1S/C19H29NO2/c1-19(2,3)15-10-11-17(22-4)16(13-15)20-18(21)12-14-8-6-5-7-9-14/h10-11,13-14H,5-9,12H2,1-4H3,(H,20,21). The number of ether oxygens (including phenoxy) is 1. The molecule has 1 saturated carbocycles. The van der Waals surface area contributed by atoms with Gasteiger partial charge in [-0.15, -0.1) is 0 Å². The number of rotatable bonds is 4. The molecule has 0 aliphatic heterocycles. The third-order valence-corrected chi connectivity index (χ3v) is 4.54. The second-order valence-corrected chi connectivity index (χ2v) is 7.42. The number of carbonyl (C=O) groups is 1. The summed E-state index contributed by atoms with van der Waals surface area (Å²) in [6.45, 7) is 6.51. The highest BCUT2D eigenvalue weighted by Crippen LogP contribution is 2.32. The van der Waals surface area contributed by atoms with Crippen molar-refractivity contribution in [3.63, 3.8) is 0 Å². The van der Waals surface area contributed by atoms with E-state index in [1.807, 2.05) is 12.1 Å². The number of hydrogen-bond donors (Lipinski definition) is 1. The molecule has 1 fully saturated rings. The van der Waals surface area contributed by atoms with E-state index in [1.165, 1.54) is 37.7 Å². The smallest absolute Gasteiger partial charge is 0.224 e. The van der Waals surface area contributed by atoms with Crippen LogP contribution in [0.4, 0.5) is 5.69 Å². The summed E-state index contributed by atoms with van der Waals surface area (Å²) in [4.78, 5) is 12.3. The topological polar surface area (TPSA) is 38.3 Å². The molecule has 0 atom stereocenters. The zero-order valence-electron chi connectivity index (χ0n) is 14.4. The molecule has 1 aromatic rings. The van der Waals surface area contributed by atoms with Crippen LogP contribution in [0.1, 0.15) is 64.9 Å². The van der Waals surface area contributed by atoms with E-state index < -0.39 is 0 Å². The minimum Gasteiger partial charge on any atom is -0.495 e. The molecule has 0 saturated heterocycles. The van der Waals surface area contributed by atoms with Gasteiger partial charge >= 0.3 is 0 Å². The Balaban J connectivity index is 2.07. The highest BCUT2D eigenvalue weighted by Gasteiger charge is 2.20. The van der Waals surface area contributed by atoms with E-state index >= 15 is 0 Å². The number of hydrogen-bond acceptors (Lipinski definition) is 2. The van der Waals surface area contributed by atoms with E-state index in [9.17, 15) is 4.79 Å². The van der Waals surface area contributed by atoms with Gasteiger partial charge in [0.2, 0.25) is 5.91 Å². The fraction of sp³-hybridized carbons (Fsp3) is 0.632. The Kier molecular flexibility index (Phi) is 5.49. The molecule has 0 bridgehead atoms. The SMILES string of the molecule is COc1ccc(C(C)(C)C)cc1NC(=O)CC1CCCCC1. The predicted molar refractivity (Wildman–Crippen MR) is 91.5 cm³/mol. The highest BCUT2D eigenvalue weighted by atomic mass is 16.5. The van der Waals surface area contributed by atoms with Crippen LogP contribution in [0.5, 0.6) is 5.75 Å². The van der Waals surface area contributed by atoms with Gasteiger partial charge in [0.05, 0.1) is 12.8 Å². The van der Waals surface area contributed by atoms with Gasteiger partial charge in [-0.25, -0.2) is 0 Å². The van der Waals surface area contributed by atoms with Crippen LogP contribution in [-0.2, 0) is 10.2 Å². The van der Waals surface area contributed by atoms with Crippen molar-refractivity contribution < 1.29 is 9.53 Å². The fourth-order valence-corrected chi connectivity index (χ4v) is 3.13. The Hall–Kier alpha value is -1.51. The summed E-state index contributed by atoms with van der Waals surface area (Å²) in [5.41, 5.74) is 2.03. The van der Waals surface area contributed by atoms with Crippen molar-refractivity contribution in [3.8, 4) is 5.75 Å². The number of methoxy groups -OCH3 is 1. The zero-order valence-corrected chi connectivity index (χ0v) is 14.4. The maximum absolute atomic E-state index is 12.3. The van der Waals surface area contributed by atoms with Crippen LogP contribution in [0.15, 0.2) is 18.2 Å². The van der Waals surface area contributed by atoms with Crippen molar-refractivity contribution >= 4 is 11.6 Å². The minimum absolute atomic E-state index is 0.0507. The fourth-order valence-electron chi connectivity index (χ4n) is 3.13. The quantitative estimate of drug-likeness (QED) is 0.859. The summed E-state index contributed by atoms with van der Waals surface area (Å²) in [6, 6.07) is 6.05. The van der Waals surface area contributed by atoms with Gasteiger partial charge in [0.1, 0.15) is 5.75 Å². The minimum atomic E-state index is 0.0507. The molecule has 0 aromatic heterocycles. The number of benzene rings is 1. The van der Waals surface area contributed by atoms with Crippen LogP contribution >= 0.6 is 0 Å². The number of carbonyl (C=O) groups excluding carboxylic acids is 1. The van der Waals surface area contributed by atoms with Crippen molar-refractivity contribution in [2.75, 3.05) is 12.4 Å². The first-order chi connectivity index (χ1) is 10.4. The summed E-state index contributed by atoms with van der Waals surface area (Å²) in [7, 11) is 1.64. The summed E-state index contributed by atoms with van der Waals surface area (Å²) < 4.78 is 5.39. The zero-order chi connectivity index (χ0) is 16.2. The highest BCUT2D eigenvalue weighted by molar-refractivity contribution is 5.92. The van der Waals surface area contributed by atoms with E-state index in [0.717, 1.165) is 11.4 Å². The molecule has 0 radical (unpaired) electrons. The molecule has 3 heteroatoms. The van der Waals surface area contributed by atoms with Crippen molar-refractivity contribution in [1.82, 2.24) is 0 Å². The van der Waals surface area contributed by atoms with E-state index in [0.29, 0.717) is 12.3 Å². The van der Waals surface area contributed by atoms with E-state index in [-0.39, 0.29) is 11.3 Å². The number of anilines is 1. The summed E-state index contributed by atoms with van der Waals surface area (Å²) in [5.74, 6) is 1.38. The van der Waals surface area contributed by atoms with Crippen LogP contribution in [0, 0.1) is 5.92 Å². The maximum Gasteiger partial charge on any atom is 0.224 e. The van der Waals surface area contributed by atoms with Crippen LogP contribution in [0.3, 0.4) is 0 Å². The van der Waals surface area contributed by atoms with Crippen molar-refractivity contribution in [2.24, 2.45) is 5.92 Å². The summed E-state index contributed by atoms with van der Waals surface area (Å²) in [6.07, 6.45) is 6.85. The largest absolute Gasteiger partial charge is 0.495 e. The lowest BCUT2D eigenvalue weighted by molar-refractivity contribution is -0.117. The summed E-state index contributed by atoms with van der Waals surface area (Å²) in [5, 5.41) is 3.06. The molecule has 0 heterocycles. The molecule has 3 nitrogen and oxygen atoms in total. The number of nitrogens with one attached hydrogen (secondary N) is 1. The Morgan fingerprint density at radius 3 is 2.50 bits per heavy atom. The van der Waals surface area contributed by atoms with Gasteiger partial charge in [0.15, 0.2) is 0 Å². The molecule has 1 aliphatic rings. The Labute approximate surface area is 134 Å². The second kappa shape index (κ2) is 7.17. The lowest BCUT2D eigenvalue weighted by Gasteiger charge is -2.23.